The third kappa shape index (κ3) is 4.35. The predicted octanol–water partition coefficient (Wildman–Crippen LogP) is 4.88. The van der Waals surface area contributed by atoms with Crippen molar-refractivity contribution in [3.05, 3.63) is 93.0 Å². The Morgan fingerprint density at radius 2 is 1.81 bits per heavy atom. The van der Waals surface area contributed by atoms with Crippen molar-refractivity contribution in [2.45, 2.75) is 27.7 Å². The number of anilines is 1. The Kier molecular flexibility index (Phi) is 6.04. The zero-order valence-corrected chi connectivity index (χ0v) is 20.8. The summed E-state index contributed by atoms with van der Waals surface area (Å²) in [6.07, 6.45) is 1.31. The molecule has 3 heterocycles. The molecule has 0 radical (unpaired) electrons. The molecule has 0 atom stereocenters. The number of aromatic nitrogens is 3. The monoisotopic (exact) mass is 496 g/mol. The lowest BCUT2D eigenvalue weighted by atomic mass is 10.0. The molecule has 9 nitrogen and oxygen atoms in total. The zero-order chi connectivity index (χ0) is 26.3. The molecule has 0 saturated carbocycles. The number of hydrogen-bond acceptors (Lipinski definition) is 7. The van der Waals surface area contributed by atoms with E-state index in [9.17, 15) is 14.4 Å². The molecular formula is C28H24N4O5. The number of carbonyl (C=O) groups excluding carboxylic acids is 2. The molecule has 1 N–H and O–H groups in total. The SMILES string of the molecule is CCOC(=O)c1cnn(-c2cc(C)c3cc(C)cc(C)c3n2)c1NC(=O)c1cc2ccccc2oc1=O. The lowest BCUT2D eigenvalue weighted by molar-refractivity contribution is 0.0527. The molecule has 0 aliphatic heterocycles. The Morgan fingerprint density at radius 1 is 1.03 bits per heavy atom. The normalized spacial score (nSPS) is 11.1. The molecule has 3 aromatic heterocycles. The van der Waals surface area contributed by atoms with Crippen LogP contribution in [0.2, 0.25) is 0 Å². The molecule has 1 amide bonds. The molecular weight excluding hydrogens is 472 g/mol. The first-order valence-corrected chi connectivity index (χ1v) is 11.7. The van der Waals surface area contributed by atoms with Crippen LogP contribution in [0.4, 0.5) is 5.82 Å². The number of benzene rings is 2. The summed E-state index contributed by atoms with van der Waals surface area (Å²) in [5, 5.41) is 8.60. The van der Waals surface area contributed by atoms with Crippen LogP contribution in [0.1, 0.15) is 44.3 Å². The molecule has 37 heavy (non-hydrogen) atoms. The topological polar surface area (TPSA) is 116 Å². The number of amides is 1. The molecule has 0 bridgehead atoms. The molecule has 2 aromatic carbocycles. The average molecular weight is 497 g/mol. The Hall–Kier alpha value is -4.79. The van der Waals surface area contributed by atoms with Crippen LogP contribution < -0.4 is 10.9 Å². The highest BCUT2D eigenvalue weighted by Gasteiger charge is 2.24. The van der Waals surface area contributed by atoms with Crippen molar-refractivity contribution in [3.63, 3.8) is 0 Å². The number of nitrogens with zero attached hydrogens (tertiary/aromatic N) is 3. The van der Waals surface area contributed by atoms with Gasteiger partial charge in [0.1, 0.15) is 16.7 Å². The molecule has 0 spiro atoms. The second kappa shape index (κ2) is 9.34. The van der Waals surface area contributed by atoms with Crippen LogP contribution in [-0.4, -0.2) is 33.2 Å². The van der Waals surface area contributed by atoms with E-state index >= 15 is 0 Å². The van der Waals surface area contributed by atoms with Crippen LogP contribution >= 0.6 is 0 Å². The third-order valence-electron chi connectivity index (χ3n) is 6.04. The smallest absolute Gasteiger partial charge is 0.349 e. The number of fused-ring (bicyclic) bond motifs is 2. The molecule has 9 heteroatoms. The first-order valence-electron chi connectivity index (χ1n) is 11.7. The molecule has 0 aliphatic carbocycles. The fourth-order valence-corrected chi connectivity index (χ4v) is 4.33. The molecule has 0 aliphatic rings. The summed E-state index contributed by atoms with van der Waals surface area (Å²) >= 11 is 0. The largest absolute Gasteiger partial charge is 0.462 e. The summed E-state index contributed by atoms with van der Waals surface area (Å²) in [6.45, 7) is 7.77. The number of hydrogen-bond donors (Lipinski definition) is 1. The fourth-order valence-electron chi connectivity index (χ4n) is 4.33. The summed E-state index contributed by atoms with van der Waals surface area (Å²) in [5.74, 6) is -0.990. The standard InChI is InChI=1S/C28H24N4O5/c1-5-36-27(34)21-14-29-32(23-12-16(3)19-11-15(2)10-17(4)24(19)30-23)25(21)31-26(33)20-13-18-8-6-7-9-22(18)37-28(20)35/h6-14H,5H2,1-4H3,(H,31,33). The summed E-state index contributed by atoms with van der Waals surface area (Å²) < 4.78 is 11.8. The van der Waals surface area contributed by atoms with Gasteiger partial charge in [-0.25, -0.2) is 14.6 Å². The van der Waals surface area contributed by atoms with Gasteiger partial charge in [-0.2, -0.15) is 9.78 Å². The number of pyridine rings is 1. The van der Waals surface area contributed by atoms with Gasteiger partial charge >= 0.3 is 11.6 Å². The number of esters is 1. The van der Waals surface area contributed by atoms with Crippen molar-refractivity contribution < 1.29 is 18.7 Å². The summed E-state index contributed by atoms with van der Waals surface area (Å²) in [7, 11) is 0. The highest BCUT2D eigenvalue weighted by atomic mass is 16.5. The van der Waals surface area contributed by atoms with E-state index in [4.69, 9.17) is 14.1 Å². The Balaban J connectivity index is 1.64. The minimum Gasteiger partial charge on any atom is -0.462 e. The van der Waals surface area contributed by atoms with Gasteiger partial charge < -0.3 is 14.5 Å². The van der Waals surface area contributed by atoms with Gasteiger partial charge in [-0.3, -0.25) is 4.79 Å². The van der Waals surface area contributed by atoms with Crippen molar-refractivity contribution in [1.29, 1.82) is 0 Å². The number of carbonyl (C=O) groups is 2. The van der Waals surface area contributed by atoms with Crippen LogP contribution in [0.15, 0.2) is 63.9 Å². The maximum Gasteiger partial charge on any atom is 0.349 e. The zero-order valence-electron chi connectivity index (χ0n) is 20.8. The number of rotatable bonds is 5. The Morgan fingerprint density at radius 3 is 2.59 bits per heavy atom. The van der Waals surface area contributed by atoms with Crippen molar-refractivity contribution in [2.24, 2.45) is 0 Å². The maximum atomic E-state index is 13.3. The fraction of sp³-hybridized carbons (Fsp3) is 0.179. The van der Waals surface area contributed by atoms with E-state index < -0.39 is 17.5 Å². The number of nitrogens with one attached hydrogen (secondary N) is 1. The van der Waals surface area contributed by atoms with Crippen molar-refractivity contribution in [1.82, 2.24) is 14.8 Å². The van der Waals surface area contributed by atoms with Gasteiger partial charge in [0, 0.05) is 10.8 Å². The second-order valence-corrected chi connectivity index (χ2v) is 8.75. The summed E-state index contributed by atoms with van der Waals surface area (Å²) in [5.41, 5.74) is 3.21. The summed E-state index contributed by atoms with van der Waals surface area (Å²) in [4.78, 5) is 43.4. The number of para-hydroxylation sites is 1. The molecule has 0 unspecified atom stereocenters. The Bertz CT molecular complexity index is 1770. The molecule has 0 fully saturated rings. The van der Waals surface area contributed by atoms with E-state index in [0.717, 1.165) is 27.6 Å². The van der Waals surface area contributed by atoms with Crippen molar-refractivity contribution in [2.75, 3.05) is 11.9 Å². The minimum absolute atomic E-state index is 0.0283. The van der Waals surface area contributed by atoms with Crippen LogP contribution in [0, 0.1) is 20.8 Å². The minimum atomic E-state index is -0.800. The predicted molar refractivity (Wildman–Crippen MR) is 139 cm³/mol. The van der Waals surface area contributed by atoms with E-state index in [1.165, 1.54) is 16.9 Å². The van der Waals surface area contributed by atoms with Crippen molar-refractivity contribution >= 4 is 39.6 Å². The van der Waals surface area contributed by atoms with Gasteiger partial charge in [0.15, 0.2) is 11.6 Å². The van der Waals surface area contributed by atoms with Crippen molar-refractivity contribution in [3.8, 4) is 5.82 Å². The van der Waals surface area contributed by atoms with Crippen LogP contribution in [0.3, 0.4) is 0 Å². The van der Waals surface area contributed by atoms with Gasteiger partial charge in [-0.1, -0.05) is 29.8 Å². The van der Waals surface area contributed by atoms with Gasteiger partial charge in [-0.05, 0) is 63.1 Å². The first kappa shape index (κ1) is 23.9. The molecule has 5 aromatic rings. The molecule has 5 rings (SSSR count). The van der Waals surface area contributed by atoms with Gasteiger partial charge in [0.25, 0.3) is 5.91 Å². The van der Waals surface area contributed by atoms with Gasteiger partial charge in [0.05, 0.1) is 18.3 Å². The van der Waals surface area contributed by atoms with Gasteiger partial charge in [0.2, 0.25) is 0 Å². The van der Waals surface area contributed by atoms with Crippen LogP contribution in [-0.2, 0) is 4.74 Å². The quantitative estimate of drug-likeness (QED) is 0.272. The highest BCUT2D eigenvalue weighted by molar-refractivity contribution is 6.08. The Labute approximate surface area is 211 Å². The van der Waals surface area contributed by atoms with E-state index in [0.29, 0.717) is 16.8 Å². The average Bonchev–Trinajstić information content (AvgIpc) is 3.27. The third-order valence-corrected chi connectivity index (χ3v) is 6.04. The van der Waals surface area contributed by atoms with Crippen LogP contribution in [0.5, 0.6) is 0 Å². The summed E-state index contributed by atoms with van der Waals surface area (Å²) in [6, 6.07) is 14.2. The van der Waals surface area contributed by atoms with E-state index in [1.54, 1.807) is 31.2 Å². The maximum absolute atomic E-state index is 13.3. The molecule has 186 valence electrons. The van der Waals surface area contributed by atoms with Crippen LogP contribution in [0.25, 0.3) is 27.7 Å². The van der Waals surface area contributed by atoms with E-state index in [1.807, 2.05) is 32.9 Å². The van der Waals surface area contributed by atoms with E-state index in [2.05, 4.69) is 16.5 Å². The lowest BCUT2D eigenvalue weighted by Gasteiger charge is -2.13. The highest BCUT2D eigenvalue weighted by Crippen LogP contribution is 2.27. The number of aryl methyl sites for hydroxylation is 3. The first-order chi connectivity index (χ1) is 17.8. The number of ether oxygens (including phenoxy) is 1. The van der Waals surface area contributed by atoms with E-state index in [-0.39, 0.29) is 23.6 Å². The lowest BCUT2D eigenvalue weighted by Crippen LogP contribution is -2.23. The molecule has 0 saturated heterocycles. The van der Waals surface area contributed by atoms with Gasteiger partial charge in [-0.15, -0.1) is 0 Å². The second-order valence-electron chi connectivity index (χ2n) is 8.75.